The van der Waals surface area contributed by atoms with Gasteiger partial charge in [-0.3, -0.25) is 9.69 Å². The molecule has 2 aromatic rings. The smallest absolute Gasteiger partial charge is 0.322 e. The molecule has 2 N–H and O–H groups in total. The van der Waals surface area contributed by atoms with Gasteiger partial charge in [-0.2, -0.15) is 0 Å². The first-order chi connectivity index (χ1) is 17.1. The number of nitrogens with zero attached hydrogens (tertiary/aromatic N) is 2. The summed E-state index contributed by atoms with van der Waals surface area (Å²) in [7, 11) is 0. The highest BCUT2D eigenvalue weighted by molar-refractivity contribution is 9.10. The fourth-order valence-corrected chi connectivity index (χ4v) is 5.58. The van der Waals surface area contributed by atoms with Crippen LogP contribution in [0.1, 0.15) is 56.9 Å². The predicted molar refractivity (Wildman–Crippen MR) is 144 cm³/mol. The second-order valence-electron chi connectivity index (χ2n) is 9.75. The van der Waals surface area contributed by atoms with Crippen molar-refractivity contribution < 1.29 is 9.59 Å². The van der Waals surface area contributed by atoms with Crippen LogP contribution >= 0.6 is 15.9 Å². The third-order valence-electron chi connectivity index (χ3n) is 7.17. The lowest BCUT2D eigenvalue weighted by molar-refractivity contribution is -0.122. The average molecular weight is 542 g/mol. The van der Waals surface area contributed by atoms with Gasteiger partial charge in [0.05, 0.1) is 5.69 Å². The molecule has 1 aliphatic heterocycles. The summed E-state index contributed by atoms with van der Waals surface area (Å²) < 4.78 is 0.855. The van der Waals surface area contributed by atoms with Gasteiger partial charge in [-0.15, -0.1) is 0 Å². The molecule has 1 saturated heterocycles. The molecule has 1 aliphatic carbocycles. The molecule has 7 heteroatoms. The van der Waals surface area contributed by atoms with E-state index in [4.69, 9.17) is 0 Å². The van der Waals surface area contributed by atoms with Crippen molar-refractivity contribution >= 4 is 33.6 Å². The summed E-state index contributed by atoms with van der Waals surface area (Å²) in [5.41, 5.74) is 2.09. The van der Waals surface area contributed by atoms with Crippen LogP contribution in [0.2, 0.25) is 0 Å². The lowest BCUT2D eigenvalue weighted by Crippen LogP contribution is -2.47. The maximum atomic E-state index is 13.2. The molecule has 188 valence electrons. The number of para-hydroxylation sites is 1. The number of likely N-dealkylation sites (tertiary alicyclic amines) is 1. The van der Waals surface area contributed by atoms with E-state index < -0.39 is 0 Å². The van der Waals surface area contributed by atoms with E-state index in [0.29, 0.717) is 13.0 Å². The summed E-state index contributed by atoms with van der Waals surface area (Å²) in [6.45, 7) is 3.38. The van der Waals surface area contributed by atoms with Crippen molar-refractivity contribution in [2.24, 2.45) is 0 Å². The van der Waals surface area contributed by atoms with Gasteiger partial charge in [0.2, 0.25) is 5.91 Å². The Morgan fingerprint density at radius 2 is 1.60 bits per heavy atom. The quantitative estimate of drug-likeness (QED) is 0.445. The minimum absolute atomic E-state index is 0.0426. The molecule has 0 radical (unpaired) electrons. The molecule has 0 aromatic heterocycles. The zero-order valence-electron chi connectivity index (χ0n) is 20.4. The van der Waals surface area contributed by atoms with Gasteiger partial charge in [-0.1, -0.05) is 61.7 Å². The zero-order chi connectivity index (χ0) is 24.5. The minimum atomic E-state index is -0.120. The standard InChI is InChI=1S/C28H37BrN4O2/c29-25-13-7-8-14-26(25)31-28(35)33(24-11-5-2-6-12-24)20-17-27(34)30-23-15-18-32(19-16-23)21-22-9-3-1-4-10-22/h1,3-4,7-10,13-14,23-24H,2,5-6,11-12,15-21H2,(H,30,34)(H,31,35). The van der Waals surface area contributed by atoms with Gasteiger partial charge in [-0.25, -0.2) is 4.79 Å². The van der Waals surface area contributed by atoms with E-state index in [1.54, 1.807) is 0 Å². The second-order valence-corrected chi connectivity index (χ2v) is 10.6. The maximum absolute atomic E-state index is 13.2. The summed E-state index contributed by atoms with van der Waals surface area (Å²) in [5.74, 6) is 0.0426. The van der Waals surface area contributed by atoms with Gasteiger partial charge in [-0.05, 0) is 59.3 Å². The lowest BCUT2D eigenvalue weighted by atomic mass is 9.94. The Kier molecular flexibility index (Phi) is 9.60. The van der Waals surface area contributed by atoms with Crippen LogP contribution in [0.3, 0.4) is 0 Å². The molecule has 1 saturated carbocycles. The van der Waals surface area contributed by atoms with Crippen LogP contribution < -0.4 is 10.6 Å². The molecular weight excluding hydrogens is 504 g/mol. The number of carbonyl (C=O) groups excluding carboxylic acids is 2. The number of hydrogen-bond acceptors (Lipinski definition) is 3. The Labute approximate surface area is 217 Å². The summed E-state index contributed by atoms with van der Waals surface area (Å²) in [5, 5.41) is 6.27. The first kappa shape index (κ1) is 25.7. The summed E-state index contributed by atoms with van der Waals surface area (Å²) in [4.78, 5) is 30.4. The Hall–Kier alpha value is -2.38. The first-order valence-electron chi connectivity index (χ1n) is 13.0. The van der Waals surface area contributed by atoms with Crippen LogP contribution in [0.4, 0.5) is 10.5 Å². The van der Waals surface area contributed by atoms with E-state index in [-0.39, 0.29) is 24.0 Å². The van der Waals surface area contributed by atoms with Crippen molar-refractivity contribution in [3.63, 3.8) is 0 Å². The summed E-state index contributed by atoms with van der Waals surface area (Å²) in [6.07, 6.45) is 7.77. The van der Waals surface area contributed by atoms with E-state index in [1.807, 2.05) is 35.2 Å². The monoisotopic (exact) mass is 540 g/mol. The topological polar surface area (TPSA) is 64.7 Å². The molecule has 0 unspecified atom stereocenters. The van der Waals surface area contributed by atoms with Crippen molar-refractivity contribution in [2.45, 2.75) is 70.0 Å². The van der Waals surface area contributed by atoms with E-state index in [0.717, 1.165) is 68.3 Å². The highest BCUT2D eigenvalue weighted by Crippen LogP contribution is 2.26. The van der Waals surface area contributed by atoms with E-state index in [1.165, 1.54) is 12.0 Å². The van der Waals surface area contributed by atoms with E-state index >= 15 is 0 Å². The van der Waals surface area contributed by atoms with Gasteiger partial charge in [0.25, 0.3) is 0 Å². The van der Waals surface area contributed by atoms with Crippen molar-refractivity contribution in [3.8, 4) is 0 Å². The van der Waals surface area contributed by atoms with Crippen LogP contribution in [-0.2, 0) is 11.3 Å². The summed E-state index contributed by atoms with van der Waals surface area (Å²) >= 11 is 3.51. The van der Waals surface area contributed by atoms with Crippen LogP contribution in [-0.4, -0.2) is 53.5 Å². The largest absolute Gasteiger partial charge is 0.353 e. The molecule has 0 spiro atoms. The molecule has 2 fully saturated rings. The van der Waals surface area contributed by atoms with Crippen LogP contribution in [0.25, 0.3) is 0 Å². The van der Waals surface area contributed by atoms with Gasteiger partial charge < -0.3 is 15.5 Å². The van der Waals surface area contributed by atoms with Crippen LogP contribution in [0.15, 0.2) is 59.1 Å². The number of benzene rings is 2. The number of halogens is 1. The number of carbonyl (C=O) groups is 2. The highest BCUT2D eigenvalue weighted by Gasteiger charge is 2.27. The number of piperidine rings is 1. The van der Waals surface area contributed by atoms with Crippen molar-refractivity contribution in [1.82, 2.24) is 15.1 Å². The van der Waals surface area contributed by atoms with Crippen molar-refractivity contribution in [1.29, 1.82) is 0 Å². The fourth-order valence-electron chi connectivity index (χ4n) is 5.19. The second kappa shape index (κ2) is 13.1. The minimum Gasteiger partial charge on any atom is -0.353 e. The zero-order valence-corrected chi connectivity index (χ0v) is 22.0. The lowest BCUT2D eigenvalue weighted by Gasteiger charge is -2.35. The van der Waals surface area contributed by atoms with Crippen molar-refractivity contribution in [3.05, 3.63) is 64.6 Å². The molecule has 2 aliphatic rings. The molecule has 2 aromatic carbocycles. The third kappa shape index (κ3) is 7.80. The predicted octanol–water partition coefficient (Wildman–Crippen LogP) is 5.79. The molecule has 0 atom stereocenters. The highest BCUT2D eigenvalue weighted by atomic mass is 79.9. The number of amides is 3. The van der Waals surface area contributed by atoms with Crippen LogP contribution in [0, 0.1) is 0 Å². The Morgan fingerprint density at radius 1 is 0.914 bits per heavy atom. The molecule has 0 bridgehead atoms. The number of anilines is 1. The number of urea groups is 1. The first-order valence-corrected chi connectivity index (χ1v) is 13.8. The number of nitrogens with one attached hydrogen (secondary N) is 2. The number of hydrogen-bond donors (Lipinski definition) is 2. The SMILES string of the molecule is O=C(CCN(C(=O)Nc1ccccc1Br)C1CCCCC1)NC1CCN(Cc2ccccc2)CC1. The molecule has 35 heavy (non-hydrogen) atoms. The van der Waals surface area contributed by atoms with Gasteiger partial charge in [0.15, 0.2) is 0 Å². The summed E-state index contributed by atoms with van der Waals surface area (Å²) in [6, 6.07) is 18.5. The number of rotatable bonds is 8. The molecule has 6 nitrogen and oxygen atoms in total. The Balaban J connectivity index is 1.26. The van der Waals surface area contributed by atoms with Crippen molar-refractivity contribution in [2.75, 3.05) is 25.0 Å². The van der Waals surface area contributed by atoms with E-state index in [9.17, 15) is 9.59 Å². The molecule has 3 amide bonds. The van der Waals surface area contributed by atoms with Gasteiger partial charge in [0.1, 0.15) is 0 Å². The van der Waals surface area contributed by atoms with E-state index in [2.05, 4.69) is 55.7 Å². The van der Waals surface area contributed by atoms with Crippen LogP contribution in [0.5, 0.6) is 0 Å². The average Bonchev–Trinajstić information content (AvgIpc) is 2.88. The fraction of sp³-hybridized carbons (Fsp3) is 0.500. The molecule has 1 heterocycles. The Bertz CT molecular complexity index is 956. The third-order valence-corrected chi connectivity index (χ3v) is 7.86. The normalized spacial score (nSPS) is 17.6. The molecular formula is C28H37BrN4O2. The van der Waals surface area contributed by atoms with Gasteiger partial charge >= 0.3 is 6.03 Å². The maximum Gasteiger partial charge on any atom is 0.322 e. The van der Waals surface area contributed by atoms with Gasteiger partial charge in [0, 0.05) is 49.2 Å². The molecule has 4 rings (SSSR count). The Morgan fingerprint density at radius 3 is 2.31 bits per heavy atom.